The van der Waals surface area contributed by atoms with Crippen molar-refractivity contribution in [2.75, 3.05) is 30.9 Å². The summed E-state index contributed by atoms with van der Waals surface area (Å²) >= 11 is 0. The zero-order chi connectivity index (χ0) is 16.1. The minimum absolute atomic E-state index is 0.188. The molecule has 1 aromatic carbocycles. The highest BCUT2D eigenvalue weighted by Gasteiger charge is 2.14. The number of rotatable bonds is 5. The molecule has 0 saturated heterocycles. The molecule has 1 aromatic heterocycles. The van der Waals surface area contributed by atoms with E-state index in [1.165, 1.54) is 0 Å². The molecule has 0 aliphatic rings. The van der Waals surface area contributed by atoms with Crippen LogP contribution in [0.3, 0.4) is 0 Å². The standard InChI is InChI=1S/C16H22N4O2/c1-5-20(16(21)17-15-10-12(2)22-18-15)11-13-6-8-14(9-7-13)19(3)4/h6-10H,5,11H2,1-4H3,(H,17,18,21). The second-order valence-corrected chi connectivity index (χ2v) is 5.33. The Balaban J connectivity index is 2.00. The Morgan fingerprint density at radius 1 is 1.27 bits per heavy atom. The van der Waals surface area contributed by atoms with E-state index in [0.717, 1.165) is 11.3 Å². The molecular weight excluding hydrogens is 280 g/mol. The van der Waals surface area contributed by atoms with Crippen LogP contribution in [0.5, 0.6) is 0 Å². The molecule has 0 atom stereocenters. The molecule has 0 bridgehead atoms. The summed E-state index contributed by atoms with van der Waals surface area (Å²) < 4.78 is 4.94. The van der Waals surface area contributed by atoms with Crippen LogP contribution in [-0.2, 0) is 6.54 Å². The molecule has 2 rings (SSSR count). The predicted molar refractivity (Wildman–Crippen MR) is 87.1 cm³/mol. The largest absolute Gasteiger partial charge is 0.378 e. The van der Waals surface area contributed by atoms with Gasteiger partial charge in [-0.2, -0.15) is 0 Å². The lowest BCUT2D eigenvalue weighted by atomic mass is 10.2. The molecule has 0 fully saturated rings. The summed E-state index contributed by atoms with van der Waals surface area (Å²) in [6.07, 6.45) is 0. The molecule has 0 aliphatic heterocycles. The summed E-state index contributed by atoms with van der Waals surface area (Å²) in [6.45, 7) is 4.89. The van der Waals surface area contributed by atoms with Gasteiger partial charge in [0.15, 0.2) is 5.82 Å². The molecule has 6 heteroatoms. The third kappa shape index (κ3) is 4.00. The molecule has 1 N–H and O–H groups in total. The summed E-state index contributed by atoms with van der Waals surface area (Å²) in [5, 5.41) is 6.51. The average molecular weight is 302 g/mol. The number of urea groups is 1. The third-order valence-corrected chi connectivity index (χ3v) is 3.36. The van der Waals surface area contributed by atoms with Gasteiger partial charge in [0.2, 0.25) is 0 Å². The number of benzene rings is 1. The van der Waals surface area contributed by atoms with Gasteiger partial charge in [0.1, 0.15) is 5.76 Å². The number of carbonyl (C=O) groups excluding carboxylic acids is 1. The molecule has 118 valence electrons. The Hall–Kier alpha value is -2.50. The number of nitrogens with one attached hydrogen (secondary N) is 1. The minimum atomic E-state index is -0.188. The summed E-state index contributed by atoms with van der Waals surface area (Å²) in [4.78, 5) is 16.0. The normalized spacial score (nSPS) is 10.4. The fourth-order valence-corrected chi connectivity index (χ4v) is 2.06. The first kappa shape index (κ1) is 15.9. The van der Waals surface area contributed by atoms with Crippen molar-refractivity contribution < 1.29 is 9.32 Å². The Bertz CT molecular complexity index is 619. The fourth-order valence-electron chi connectivity index (χ4n) is 2.06. The summed E-state index contributed by atoms with van der Waals surface area (Å²) in [5.74, 6) is 1.10. The van der Waals surface area contributed by atoms with Crippen LogP contribution in [0.4, 0.5) is 16.3 Å². The van der Waals surface area contributed by atoms with Crippen molar-refractivity contribution in [3.8, 4) is 0 Å². The van der Waals surface area contributed by atoms with Crippen LogP contribution >= 0.6 is 0 Å². The van der Waals surface area contributed by atoms with Crippen LogP contribution in [0.1, 0.15) is 18.2 Å². The molecule has 0 saturated carbocycles. The van der Waals surface area contributed by atoms with E-state index in [1.54, 1.807) is 17.9 Å². The first-order valence-corrected chi connectivity index (χ1v) is 7.25. The predicted octanol–water partition coefficient (Wildman–Crippen LogP) is 3.10. The lowest BCUT2D eigenvalue weighted by molar-refractivity contribution is 0.212. The molecule has 2 aromatic rings. The van der Waals surface area contributed by atoms with Crippen LogP contribution in [0.25, 0.3) is 0 Å². The summed E-state index contributed by atoms with van der Waals surface area (Å²) in [6, 6.07) is 9.66. The Morgan fingerprint density at radius 3 is 2.45 bits per heavy atom. The van der Waals surface area contributed by atoms with Gasteiger partial charge in [-0.3, -0.25) is 5.32 Å². The van der Waals surface area contributed by atoms with Crippen LogP contribution in [0.2, 0.25) is 0 Å². The Morgan fingerprint density at radius 2 is 1.95 bits per heavy atom. The second-order valence-electron chi connectivity index (χ2n) is 5.33. The monoisotopic (exact) mass is 302 g/mol. The van der Waals surface area contributed by atoms with E-state index in [0.29, 0.717) is 24.7 Å². The molecule has 0 aliphatic carbocycles. The fraction of sp³-hybridized carbons (Fsp3) is 0.375. The van der Waals surface area contributed by atoms with Gasteiger partial charge < -0.3 is 14.3 Å². The number of anilines is 2. The highest BCUT2D eigenvalue weighted by atomic mass is 16.5. The summed E-state index contributed by atoms with van der Waals surface area (Å²) in [7, 11) is 4.00. The number of carbonyl (C=O) groups is 1. The molecular formula is C16H22N4O2. The van der Waals surface area contributed by atoms with Crippen LogP contribution in [0.15, 0.2) is 34.9 Å². The van der Waals surface area contributed by atoms with Crippen molar-refractivity contribution in [3.63, 3.8) is 0 Å². The first-order chi connectivity index (χ1) is 10.5. The quantitative estimate of drug-likeness (QED) is 0.922. The maximum atomic E-state index is 12.3. The van der Waals surface area contributed by atoms with E-state index in [-0.39, 0.29) is 6.03 Å². The van der Waals surface area contributed by atoms with E-state index < -0.39 is 0 Å². The van der Waals surface area contributed by atoms with Crippen molar-refractivity contribution in [3.05, 3.63) is 41.7 Å². The molecule has 22 heavy (non-hydrogen) atoms. The maximum absolute atomic E-state index is 12.3. The van der Waals surface area contributed by atoms with Gasteiger partial charge in [0.05, 0.1) is 0 Å². The van der Waals surface area contributed by atoms with E-state index in [1.807, 2.05) is 50.2 Å². The van der Waals surface area contributed by atoms with Gasteiger partial charge in [-0.15, -0.1) is 0 Å². The molecule has 0 unspecified atom stereocenters. The summed E-state index contributed by atoms with van der Waals surface area (Å²) in [5.41, 5.74) is 2.22. The zero-order valence-corrected chi connectivity index (χ0v) is 13.5. The van der Waals surface area contributed by atoms with Crippen molar-refractivity contribution in [2.45, 2.75) is 20.4 Å². The number of amides is 2. The van der Waals surface area contributed by atoms with Crippen molar-refractivity contribution in [1.82, 2.24) is 10.1 Å². The van der Waals surface area contributed by atoms with E-state index in [9.17, 15) is 4.79 Å². The first-order valence-electron chi connectivity index (χ1n) is 7.25. The van der Waals surface area contributed by atoms with E-state index in [2.05, 4.69) is 10.5 Å². The van der Waals surface area contributed by atoms with Crippen LogP contribution < -0.4 is 10.2 Å². The molecule has 0 spiro atoms. The van der Waals surface area contributed by atoms with E-state index >= 15 is 0 Å². The zero-order valence-electron chi connectivity index (χ0n) is 13.5. The molecule has 6 nitrogen and oxygen atoms in total. The molecule has 1 heterocycles. The van der Waals surface area contributed by atoms with Gasteiger partial charge >= 0.3 is 6.03 Å². The van der Waals surface area contributed by atoms with Gasteiger partial charge in [0, 0.05) is 38.9 Å². The SMILES string of the molecule is CCN(Cc1ccc(N(C)C)cc1)C(=O)Nc1cc(C)on1. The number of hydrogen-bond donors (Lipinski definition) is 1. The molecule has 0 radical (unpaired) electrons. The third-order valence-electron chi connectivity index (χ3n) is 3.36. The smallest absolute Gasteiger partial charge is 0.323 e. The highest BCUT2D eigenvalue weighted by Crippen LogP contribution is 2.15. The number of nitrogens with zero attached hydrogens (tertiary/aromatic N) is 3. The minimum Gasteiger partial charge on any atom is -0.378 e. The van der Waals surface area contributed by atoms with Crippen molar-refractivity contribution >= 4 is 17.5 Å². The average Bonchev–Trinajstić information content (AvgIpc) is 2.90. The number of aromatic nitrogens is 1. The number of aryl methyl sites for hydroxylation is 1. The van der Waals surface area contributed by atoms with Crippen LogP contribution in [0, 0.1) is 6.92 Å². The van der Waals surface area contributed by atoms with Gasteiger partial charge in [-0.25, -0.2) is 4.79 Å². The van der Waals surface area contributed by atoms with Crippen LogP contribution in [-0.4, -0.2) is 36.7 Å². The Labute approximate surface area is 130 Å². The lowest BCUT2D eigenvalue weighted by Gasteiger charge is -2.21. The van der Waals surface area contributed by atoms with Gasteiger partial charge in [-0.1, -0.05) is 17.3 Å². The van der Waals surface area contributed by atoms with Gasteiger partial charge in [-0.05, 0) is 31.5 Å². The topological polar surface area (TPSA) is 61.6 Å². The Kier molecular flexibility index (Phi) is 5.04. The van der Waals surface area contributed by atoms with Gasteiger partial charge in [0.25, 0.3) is 0 Å². The maximum Gasteiger partial charge on any atom is 0.323 e. The highest BCUT2D eigenvalue weighted by molar-refractivity contribution is 5.88. The number of hydrogen-bond acceptors (Lipinski definition) is 4. The second kappa shape index (κ2) is 6.98. The molecule has 2 amide bonds. The van der Waals surface area contributed by atoms with Crippen molar-refractivity contribution in [1.29, 1.82) is 0 Å². The van der Waals surface area contributed by atoms with Crippen molar-refractivity contribution in [2.24, 2.45) is 0 Å². The van der Waals surface area contributed by atoms with E-state index in [4.69, 9.17) is 4.52 Å². The lowest BCUT2D eigenvalue weighted by Crippen LogP contribution is -2.34.